The van der Waals surface area contributed by atoms with Crippen molar-refractivity contribution in [3.8, 4) is 0 Å². The monoisotopic (exact) mass is 387 g/mol. The van der Waals surface area contributed by atoms with Crippen LogP contribution in [0.4, 0.5) is 0 Å². The Bertz CT molecular complexity index is 604. The van der Waals surface area contributed by atoms with Crippen LogP contribution in [0.3, 0.4) is 0 Å². The van der Waals surface area contributed by atoms with Gasteiger partial charge in [-0.25, -0.2) is 4.79 Å². The van der Waals surface area contributed by atoms with Gasteiger partial charge in [0.15, 0.2) is 0 Å². The van der Waals surface area contributed by atoms with Crippen molar-refractivity contribution in [2.75, 3.05) is 0 Å². The highest BCUT2D eigenvalue weighted by Gasteiger charge is 2.10. The molecule has 0 saturated heterocycles. The zero-order valence-corrected chi connectivity index (χ0v) is 12.9. The summed E-state index contributed by atoms with van der Waals surface area (Å²) in [5.41, 5.74) is 0.255. The number of rotatable bonds is 3. The molecule has 92 valence electrons. The SMILES string of the molecule is O=C(O)c1cc(Sc2ccncc2Br)ccc1Br. The van der Waals surface area contributed by atoms with E-state index in [1.807, 2.05) is 12.1 Å². The molecule has 2 aromatic rings. The van der Waals surface area contributed by atoms with E-state index in [9.17, 15) is 4.79 Å². The molecule has 0 aliphatic heterocycles. The van der Waals surface area contributed by atoms with Crippen LogP contribution in [0.25, 0.3) is 0 Å². The summed E-state index contributed by atoms with van der Waals surface area (Å²) < 4.78 is 1.46. The van der Waals surface area contributed by atoms with Gasteiger partial charge in [0.05, 0.1) is 5.56 Å². The summed E-state index contributed by atoms with van der Waals surface area (Å²) in [6.07, 6.45) is 3.41. The maximum Gasteiger partial charge on any atom is 0.336 e. The lowest BCUT2D eigenvalue weighted by Crippen LogP contribution is -1.97. The van der Waals surface area contributed by atoms with Crippen molar-refractivity contribution in [3.05, 3.63) is 51.2 Å². The van der Waals surface area contributed by atoms with Crippen molar-refractivity contribution in [3.63, 3.8) is 0 Å². The van der Waals surface area contributed by atoms with Crippen LogP contribution >= 0.6 is 43.6 Å². The number of carboxylic acids is 1. The number of hydrogen-bond donors (Lipinski definition) is 1. The zero-order valence-electron chi connectivity index (χ0n) is 8.93. The second kappa shape index (κ2) is 5.86. The Morgan fingerprint density at radius 2 is 2.00 bits per heavy atom. The zero-order chi connectivity index (χ0) is 13.1. The summed E-state index contributed by atoms with van der Waals surface area (Å²) in [6.45, 7) is 0. The molecule has 0 aliphatic carbocycles. The Morgan fingerprint density at radius 1 is 1.22 bits per heavy atom. The molecule has 1 aromatic carbocycles. The first-order valence-electron chi connectivity index (χ1n) is 4.88. The van der Waals surface area contributed by atoms with Crippen molar-refractivity contribution in [1.82, 2.24) is 4.98 Å². The van der Waals surface area contributed by atoms with Gasteiger partial charge < -0.3 is 5.11 Å². The number of aromatic carboxylic acids is 1. The minimum absolute atomic E-state index is 0.255. The standard InChI is InChI=1S/C12H7Br2NO2S/c13-9-2-1-7(5-8(9)12(16)17)18-11-3-4-15-6-10(11)14/h1-6H,(H,16,17). The van der Waals surface area contributed by atoms with E-state index in [0.717, 1.165) is 14.3 Å². The van der Waals surface area contributed by atoms with E-state index in [1.54, 1.807) is 24.5 Å². The van der Waals surface area contributed by atoms with Crippen molar-refractivity contribution >= 4 is 49.6 Å². The molecule has 1 heterocycles. The number of hydrogen-bond acceptors (Lipinski definition) is 3. The number of halogens is 2. The fourth-order valence-electron chi connectivity index (χ4n) is 1.30. The van der Waals surface area contributed by atoms with Crippen molar-refractivity contribution in [1.29, 1.82) is 0 Å². The molecule has 0 radical (unpaired) electrons. The van der Waals surface area contributed by atoms with Gasteiger partial charge in [0, 0.05) is 31.1 Å². The predicted octanol–water partition coefficient (Wildman–Crippen LogP) is 4.46. The Labute approximate surface area is 125 Å². The molecule has 1 N–H and O–H groups in total. The van der Waals surface area contributed by atoms with E-state index in [4.69, 9.17) is 5.11 Å². The van der Waals surface area contributed by atoms with Crippen LogP contribution in [0.15, 0.2) is 55.4 Å². The number of carbonyl (C=O) groups is 1. The maximum absolute atomic E-state index is 11.0. The van der Waals surface area contributed by atoms with Crippen molar-refractivity contribution < 1.29 is 9.90 Å². The van der Waals surface area contributed by atoms with Gasteiger partial charge in [0.2, 0.25) is 0 Å². The summed E-state index contributed by atoms with van der Waals surface area (Å²) in [6, 6.07) is 7.12. The van der Waals surface area contributed by atoms with Gasteiger partial charge in [-0.05, 0) is 56.1 Å². The molecule has 0 fully saturated rings. The molecule has 3 nitrogen and oxygen atoms in total. The summed E-state index contributed by atoms with van der Waals surface area (Å²) in [5.74, 6) is -0.946. The van der Waals surface area contributed by atoms with E-state index in [-0.39, 0.29) is 5.56 Å². The quantitative estimate of drug-likeness (QED) is 0.843. The predicted molar refractivity (Wildman–Crippen MR) is 77.2 cm³/mol. The van der Waals surface area contributed by atoms with Crippen LogP contribution in [0, 0.1) is 0 Å². The minimum Gasteiger partial charge on any atom is -0.478 e. The molecule has 0 aliphatic rings. The number of benzene rings is 1. The average molecular weight is 389 g/mol. The average Bonchev–Trinajstić information content (AvgIpc) is 2.34. The molecule has 0 bridgehead atoms. The van der Waals surface area contributed by atoms with Crippen molar-refractivity contribution in [2.24, 2.45) is 0 Å². The maximum atomic E-state index is 11.0. The smallest absolute Gasteiger partial charge is 0.336 e. The van der Waals surface area contributed by atoms with Gasteiger partial charge >= 0.3 is 5.97 Å². The Kier molecular flexibility index (Phi) is 4.42. The fraction of sp³-hybridized carbons (Fsp3) is 0. The Hall–Kier alpha value is -0.850. The van der Waals surface area contributed by atoms with E-state index < -0.39 is 5.97 Å². The first-order valence-corrected chi connectivity index (χ1v) is 7.28. The molecular formula is C12H7Br2NO2S. The highest BCUT2D eigenvalue weighted by molar-refractivity contribution is 9.10. The number of carboxylic acid groups (broad SMARTS) is 1. The second-order valence-electron chi connectivity index (χ2n) is 3.35. The van der Waals surface area contributed by atoms with Gasteiger partial charge in [-0.1, -0.05) is 11.8 Å². The van der Waals surface area contributed by atoms with Crippen LogP contribution in [0.1, 0.15) is 10.4 Å². The highest BCUT2D eigenvalue weighted by atomic mass is 79.9. The van der Waals surface area contributed by atoms with Gasteiger partial charge in [-0.3, -0.25) is 4.98 Å². The molecule has 18 heavy (non-hydrogen) atoms. The molecule has 6 heteroatoms. The van der Waals surface area contributed by atoms with Crippen LogP contribution < -0.4 is 0 Å². The molecular weight excluding hydrogens is 382 g/mol. The first kappa shape index (κ1) is 13.6. The lowest BCUT2D eigenvalue weighted by atomic mass is 10.2. The van der Waals surface area contributed by atoms with Gasteiger partial charge in [0.25, 0.3) is 0 Å². The molecule has 0 atom stereocenters. The third-order valence-corrected chi connectivity index (χ3v) is 4.78. The van der Waals surface area contributed by atoms with Crippen LogP contribution in [0.2, 0.25) is 0 Å². The van der Waals surface area contributed by atoms with Crippen LogP contribution in [0.5, 0.6) is 0 Å². The van der Waals surface area contributed by atoms with Gasteiger partial charge in [-0.15, -0.1) is 0 Å². The van der Waals surface area contributed by atoms with Gasteiger partial charge in [-0.2, -0.15) is 0 Å². The normalized spacial score (nSPS) is 10.3. The summed E-state index contributed by atoms with van der Waals surface area (Å²) in [4.78, 5) is 16.9. The molecule has 0 spiro atoms. The largest absolute Gasteiger partial charge is 0.478 e. The summed E-state index contributed by atoms with van der Waals surface area (Å²) in [5, 5.41) is 9.05. The topological polar surface area (TPSA) is 50.2 Å². The molecule has 0 amide bonds. The minimum atomic E-state index is -0.946. The molecule has 0 saturated carbocycles. The summed E-state index contributed by atoms with van der Waals surface area (Å²) in [7, 11) is 0. The van der Waals surface area contributed by atoms with Gasteiger partial charge in [0.1, 0.15) is 0 Å². The lowest BCUT2D eigenvalue weighted by molar-refractivity contribution is 0.0695. The van der Waals surface area contributed by atoms with E-state index in [0.29, 0.717) is 4.47 Å². The first-order chi connectivity index (χ1) is 8.58. The Balaban J connectivity index is 2.33. The number of pyridine rings is 1. The number of aromatic nitrogens is 1. The summed E-state index contributed by atoms with van der Waals surface area (Å²) >= 11 is 8.11. The van der Waals surface area contributed by atoms with Crippen LogP contribution in [-0.4, -0.2) is 16.1 Å². The van der Waals surface area contributed by atoms with Crippen molar-refractivity contribution in [2.45, 2.75) is 9.79 Å². The fourth-order valence-corrected chi connectivity index (χ4v) is 3.06. The van der Waals surface area contributed by atoms with E-state index in [1.165, 1.54) is 11.8 Å². The van der Waals surface area contributed by atoms with E-state index >= 15 is 0 Å². The molecule has 2 rings (SSSR count). The van der Waals surface area contributed by atoms with E-state index in [2.05, 4.69) is 36.8 Å². The van der Waals surface area contributed by atoms with Crippen LogP contribution in [-0.2, 0) is 0 Å². The molecule has 1 aromatic heterocycles. The second-order valence-corrected chi connectivity index (χ2v) is 6.18. The highest BCUT2D eigenvalue weighted by Crippen LogP contribution is 2.34. The third-order valence-electron chi connectivity index (χ3n) is 2.13. The Morgan fingerprint density at radius 3 is 2.67 bits per heavy atom. The molecule has 0 unspecified atom stereocenters. The number of nitrogens with zero attached hydrogens (tertiary/aromatic N) is 1. The lowest BCUT2D eigenvalue weighted by Gasteiger charge is -2.05. The third kappa shape index (κ3) is 3.13.